The molecule has 2 aromatic heterocycles. The quantitative estimate of drug-likeness (QED) is 0.122. The van der Waals surface area contributed by atoms with Gasteiger partial charge in [0.1, 0.15) is 11.7 Å². The number of benzene rings is 2. The molecule has 14 nitrogen and oxygen atoms in total. The van der Waals surface area contributed by atoms with Crippen LogP contribution < -0.4 is 28.6 Å². The largest absolute Gasteiger partial charge is 0.493 e. The van der Waals surface area contributed by atoms with E-state index in [0.717, 1.165) is 36.8 Å². The van der Waals surface area contributed by atoms with Crippen molar-refractivity contribution in [1.29, 1.82) is 0 Å². The Morgan fingerprint density at radius 3 is 1.98 bits per heavy atom. The zero-order chi connectivity index (χ0) is 39.9. The molecule has 2 atom stereocenters. The lowest BCUT2D eigenvalue weighted by Crippen LogP contribution is -2.42. The fourth-order valence-corrected chi connectivity index (χ4v) is 7.11. The third kappa shape index (κ3) is 10.0. The number of carbonyl (C=O) groups is 1. The van der Waals surface area contributed by atoms with Gasteiger partial charge in [0.25, 0.3) is 0 Å². The van der Waals surface area contributed by atoms with E-state index in [4.69, 9.17) is 43.5 Å². The fraction of sp³-hybridized carbons (Fsp3) is 0.561. The molecule has 1 N–H and O–H groups in total. The first kappa shape index (κ1) is 41.2. The molecule has 5 rings (SSSR count). The number of ether oxygens (including phenoxy) is 6. The van der Waals surface area contributed by atoms with Crippen molar-refractivity contribution < 1.29 is 38.3 Å². The highest BCUT2D eigenvalue weighted by Gasteiger charge is 2.34. The van der Waals surface area contributed by atoms with E-state index in [1.807, 2.05) is 64.1 Å². The van der Waals surface area contributed by atoms with Crippen molar-refractivity contribution >= 4 is 17.6 Å². The van der Waals surface area contributed by atoms with Crippen LogP contribution in [0.25, 0.3) is 5.65 Å². The lowest BCUT2D eigenvalue weighted by Gasteiger charge is -2.36. The first-order valence-corrected chi connectivity index (χ1v) is 19.0. The Hall–Kier alpha value is -4.98. The van der Waals surface area contributed by atoms with E-state index in [1.165, 1.54) is 0 Å². The molecule has 55 heavy (non-hydrogen) atoms. The number of amides is 1. The van der Waals surface area contributed by atoms with Crippen LogP contribution in [-0.2, 0) is 17.8 Å². The number of imidazole rings is 1. The zero-order valence-corrected chi connectivity index (χ0v) is 34.0. The van der Waals surface area contributed by atoms with Crippen LogP contribution in [0.4, 0.5) is 10.6 Å². The Balaban J connectivity index is 1.53. The van der Waals surface area contributed by atoms with Crippen molar-refractivity contribution in [2.75, 3.05) is 40.4 Å². The van der Waals surface area contributed by atoms with Crippen LogP contribution in [0.2, 0.25) is 0 Å². The molecule has 0 bridgehead atoms. The Labute approximate surface area is 324 Å². The van der Waals surface area contributed by atoms with Gasteiger partial charge in [0.15, 0.2) is 34.5 Å². The number of nitrogens with zero attached hydrogens (tertiary/aromatic N) is 6. The molecule has 1 amide bonds. The number of hydrogen-bond donors (Lipinski definition) is 1. The van der Waals surface area contributed by atoms with Gasteiger partial charge < -0.3 is 43.3 Å². The van der Waals surface area contributed by atoms with Crippen LogP contribution in [0.15, 0.2) is 42.6 Å². The van der Waals surface area contributed by atoms with Gasteiger partial charge in [-0.25, -0.2) is 14.3 Å². The normalized spacial score (nSPS) is 16.9. The fourth-order valence-electron chi connectivity index (χ4n) is 7.11. The summed E-state index contributed by atoms with van der Waals surface area (Å²) in [6.45, 7) is 10.5. The Morgan fingerprint density at radius 2 is 1.47 bits per heavy atom. The molecule has 14 heteroatoms. The summed E-state index contributed by atoms with van der Waals surface area (Å²) >= 11 is 0. The van der Waals surface area contributed by atoms with E-state index in [0.29, 0.717) is 66.1 Å². The predicted octanol–water partition coefficient (Wildman–Crippen LogP) is 7.39. The summed E-state index contributed by atoms with van der Waals surface area (Å²) in [7, 11) is 8.23. The van der Waals surface area contributed by atoms with Crippen LogP contribution in [0, 0.1) is 5.92 Å². The Kier molecular flexibility index (Phi) is 13.6. The number of aromatic nitrogens is 4. The summed E-state index contributed by atoms with van der Waals surface area (Å²) in [5.41, 5.74) is 2.34. The summed E-state index contributed by atoms with van der Waals surface area (Å²) < 4.78 is 35.9. The summed E-state index contributed by atoms with van der Waals surface area (Å²) in [5.74, 6) is 2.92. The molecule has 2 aromatic carbocycles. The average Bonchev–Trinajstić information content (AvgIpc) is 3.60. The van der Waals surface area contributed by atoms with E-state index < -0.39 is 11.7 Å². The molecule has 4 aromatic rings. The van der Waals surface area contributed by atoms with E-state index in [1.54, 1.807) is 51.1 Å². The number of aliphatic hydroxyl groups excluding tert-OH is 1. The molecule has 0 aliphatic heterocycles. The molecular weight excluding hydrogens is 704 g/mol. The molecule has 0 spiro atoms. The van der Waals surface area contributed by atoms with Crippen LogP contribution in [0.5, 0.6) is 29.0 Å². The number of fused-ring (bicyclic) bond motifs is 1. The SMILES string of the molecule is CCC[C@H](C)Oc1nc(N(Cc2ccc(OC)c(OC)c2)Cc2ccc(OC)c(OC)c2)c2ncc(C(O)C3CCC(N(C)C(=O)OC(C)(C)C)CC3)n2n1. The Morgan fingerprint density at radius 1 is 0.909 bits per heavy atom. The van der Waals surface area contributed by atoms with Gasteiger partial charge in [0.2, 0.25) is 0 Å². The van der Waals surface area contributed by atoms with Gasteiger partial charge in [0.05, 0.1) is 46.4 Å². The van der Waals surface area contributed by atoms with Crippen LogP contribution >= 0.6 is 0 Å². The minimum Gasteiger partial charge on any atom is -0.493 e. The number of anilines is 1. The van der Waals surface area contributed by atoms with Gasteiger partial charge in [-0.2, -0.15) is 4.98 Å². The predicted molar refractivity (Wildman–Crippen MR) is 209 cm³/mol. The molecule has 2 heterocycles. The molecule has 300 valence electrons. The van der Waals surface area contributed by atoms with Gasteiger partial charge >= 0.3 is 12.1 Å². The average molecular weight is 763 g/mol. The molecule has 1 aliphatic rings. The number of methoxy groups -OCH3 is 4. The Bertz CT molecular complexity index is 1830. The minimum absolute atomic E-state index is 0.0242. The molecular formula is C41H58N6O8. The molecule has 1 fully saturated rings. The van der Waals surface area contributed by atoms with E-state index in [-0.39, 0.29) is 30.2 Å². The maximum atomic E-state index is 12.8. The molecule has 1 aliphatic carbocycles. The summed E-state index contributed by atoms with van der Waals surface area (Å²) in [4.78, 5) is 26.4. The highest BCUT2D eigenvalue weighted by Crippen LogP contribution is 2.38. The van der Waals surface area contributed by atoms with Crippen LogP contribution in [0.1, 0.15) is 96.1 Å². The van der Waals surface area contributed by atoms with Crippen molar-refractivity contribution in [3.8, 4) is 29.0 Å². The number of hydrogen-bond acceptors (Lipinski definition) is 12. The van der Waals surface area contributed by atoms with Gasteiger partial charge in [-0.15, -0.1) is 5.10 Å². The maximum absolute atomic E-state index is 12.8. The van der Waals surface area contributed by atoms with E-state index in [2.05, 4.69) is 11.8 Å². The van der Waals surface area contributed by atoms with Gasteiger partial charge in [-0.3, -0.25) is 0 Å². The molecule has 1 saturated carbocycles. The van der Waals surface area contributed by atoms with Gasteiger partial charge in [-0.05, 0) is 101 Å². The lowest BCUT2D eigenvalue weighted by atomic mass is 9.81. The third-order valence-electron chi connectivity index (χ3n) is 10.0. The van der Waals surface area contributed by atoms with E-state index in [9.17, 15) is 9.90 Å². The second-order valence-electron chi connectivity index (χ2n) is 15.2. The van der Waals surface area contributed by atoms with Crippen molar-refractivity contribution in [2.45, 2.75) is 110 Å². The van der Waals surface area contributed by atoms with Gasteiger partial charge in [-0.1, -0.05) is 25.5 Å². The number of aliphatic hydroxyl groups is 1. The summed E-state index contributed by atoms with van der Waals surface area (Å²) in [6, 6.07) is 11.8. The zero-order valence-electron chi connectivity index (χ0n) is 34.0. The van der Waals surface area contributed by atoms with Crippen molar-refractivity contribution in [3.63, 3.8) is 0 Å². The first-order valence-electron chi connectivity index (χ1n) is 19.0. The standard InChI is InChI=1S/C41H58N6O8/c1-11-12-26(2)54-39-43-38(46(24-27-13-19-32(50-7)34(21-27)52-9)25-28-14-20-33(51-8)35(22-28)53-10)37-42-23-31(47(37)44-39)36(48)29-15-17-30(18-16-29)45(6)40(49)55-41(3,4)5/h13-14,19-23,26,29-30,36,48H,11-12,15-18,24-25H2,1-10H3/t26-,29?,30?,36?/m0/s1. The number of carbonyl (C=O) groups excluding carboxylic acids is 1. The molecule has 1 unspecified atom stereocenters. The highest BCUT2D eigenvalue weighted by molar-refractivity contribution is 5.68. The van der Waals surface area contributed by atoms with Crippen molar-refractivity contribution in [3.05, 3.63) is 59.4 Å². The monoisotopic (exact) mass is 762 g/mol. The topological polar surface area (TPSA) is 142 Å². The molecule has 0 saturated heterocycles. The van der Waals surface area contributed by atoms with Gasteiger partial charge in [0, 0.05) is 26.2 Å². The second kappa shape index (κ2) is 18.1. The second-order valence-corrected chi connectivity index (χ2v) is 15.2. The van der Waals surface area contributed by atoms with Crippen LogP contribution in [-0.4, -0.2) is 88.9 Å². The highest BCUT2D eigenvalue weighted by atomic mass is 16.6. The summed E-state index contributed by atoms with van der Waals surface area (Å²) in [5, 5.41) is 16.8. The lowest BCUT2D eigenvalue weighted by molar-refractivity contribution is 0.0110. The minimum atomic E-state index is -0.864. The smallest absolute Gasteiger partial charge is 0.410 e. The first-order chi connectivity index (χ1) is 26.3. The summed E-state index contributed by atoms with van der Waals surface area (Å²) in [6.07, 6.45) is 4.99. The molecule has 0 radical (unpaired) electrons. The van der Waals surface area contributed by atoms with Crippen molar-refractivity contribution in [1.82, 2.24) is 24.5 Å². The maximum Gasteiger partial charge on any atom is 0.410 e. The van der Waals surface area contributed by atoms with E-state index >= 15 is 0 Å². The van der Waals surface area contributed by atoms with Crippen LogP contribution in [0.3, 0.4) is 0 Å². The van der Waals surface area contributed by atoms with Crippen molar-refractivity contribution in [2.24, 2.45) is 5.92 Å². The third-order valence-corrected chi connectivity index (χ3v) is 10.0. The number of rotatable bonds is 16.